The van der Waals surface area contributed by atoms with Crippen LogP contribution in [0.5, 0.6) is 5.88 Å². The average Bonchev–Trinajstić information content (AvgIpc) is 3.13. The fourth-order valence-electron chi connectivity index (χ4n) is 2.45. The van der Waals surface area contributed by atoms with Crippen molar-refractivity contribution in [3.05, 3.63) is 42.1 Å². The van der Waals surface area contributed by atoms with Crippen LogP contribution in [-0.4, -0.2) is 56.3 Å². The number of hydrogen-bond acceptors (Lipinski definition) is 6. The molecule has 0 fully saturated rings. The van der Waals surface area contributed by atoms with Crippen molar-refractivity contribution >= 4 is 23.6 Å². The number of carboxylic acids is 2. The van der Waals surface area contributed by atoms with Gasteiger partial charge in [-0.1, -0.05) is 39.0 Å². The summed E-state index contributed by atoms with van der Waals surface area (Å²) in [6.07, 6.45) is -0.696. The molecule has 0 spiro atoms. The van der Waals surface area contributed by atoms with Gasteiger partial charge in [-0.15, -0.1) is 0 Å². The van der Waals surface area contributed by atoms with Crippen molar-refractivity contribution in [3.63, 3.8) is 0 Å². The fraction of sp³-hybridized carbons (Fsp3) is 0.381. The van der Waals surface area contributed by atoms with Gasteiger partial charge in [0.05, 0.1) is 5.69 Å². The Kier molecular flexibility index (Phi) is 7.51. The molecule has 1 atom stereocenters. The Labute approximate surface area is 178 Å². The number of nitrogens with zero attached hydrogens (tertiary/aromatic N) is 2. The molecule has 166 valence electrons. The average molecular weight is 431 g/mol. The normalized spacial score (nSPS) is 12.1. The molecule has 3 N–H and O–H groups in total. The molecule has 10 nitrogen and oxygen atoms in total. The first-order valence-electron chi connectivity index (χ1n) is 9.56. The third-order valence-corrected chi connectivity index (χ3v) is 4.35. The van der Waals surface area contributed by atoms with E-state index < -0.39 is 35.7 Å². The zero-order chi connectivity index (χ0) is 23.2. The van der Waals surface area contributed by atoms with Gasteiger partial charge in [-0.05, 0) is 18.6 Å². The summed E-state index contributed by atoms with van der Waals surface area (Å²) in [6.45, 7) is 5.04. The zero-order valence-electron chi connectivity index (χ0n) is 17.5. The predicted octanol–water partition coefficient (Wildman–Crippen LogP) is 1.91. The van der Waals surface area contributed by atoms with E-state index in [1.807, 2.05) is 0 Å². The number of ether oxygens (including phenoxy) is 1. The Morgan fingerprint density at radius 1 is 1.13 bits per heavy atom. The van der Waals surface area contributed by atoms with Gasteiger partial charge in [0.1, 0.15) is 12.6 Å². The summed E-state index contributed by atoms with van der Waals surface area (Å²) >= 11 is 0. The van der Waals surface area contributed by atoms with Crippen LogP contribution in [0.3, 0.4) is 0 Å². The zero-order valence-corrected chi connectivity index (χ0v) is 17.5. The second-order valence-corrected chi connectivity index (χ2v) is 7.87. The summed E-state index contributed by atoms with van der Waals surface area (Å²) in [6, 6.07) is 8.66. The molecule has 0 radical (unpaired) electrons. The molecule has 0 saturated carbocycles. The number of carbonyl (C=O) groups is 4. The number of carboxylic acid groups (broad SMARTS) is 2. The summed E-state index contributed by atoms with van der Waals surface area (Å²) in [5, 5.41) is 24.5. The second-order valence-electron chi connectivity index (χ2n) is 7.87. The predicted molar refractivity (Wildman–Crippen MR) is 109 cm³/mol. The van der Waals surface area contributed by atoms with Crippen molar-refractivity contribution in [2.45, 2.75) is 39.7 Å². The van der Waals surface area contributed by atoms with Crippen LogP contribution in [0.1, 0.15) is 44.1 Å². The van der Waals surface area contributed by atoms with Gasteiger partial charge in [0.2, 0.25) is 5.88 Å². The summed E-state index contributed by atoms with van der Waals surface area (Å²) < 4.78 is 6.95. The van der Waals surface area contributed by atoms with E-state index in [4.69, 9.17) is 9.84 Å². The minimum atomic E-state index is -1.39. The third kappa shape index (κ3) is 6.66. The number of aromatic nitrogens is 2. The molecule has 10 heteroatoms. The highest BCUT2D eigenvalue weighted by Gasteiger charge is 2.26. The van der Waals surface area contributed by atoms with Crippen molar-refractivity contribution < 1.29 is 34.1 Å². The van der Waals surface area contributed by atoms with Crippen LogP contribution in [0.15, 0.2) is 36.4 Å². The lowest BCUT2D eigenvalue weighted by Gasteiger charge is -2.17. The van der Waals surface area contributed by atoms with Gasteiger partial charge in [0.25, 0.3) is 5.91 Å². The number of carbonyl (C=O) groups excluding carboxylic acids is 2. The molecule has 0 bridgehead atoms. The van der Waals surface area contributed by atoms with Crippen LogP contribution < -0.4 is 10.1 Å². The number of rotatable bonds is 10. The van der Waals surface area contributed by atoms with Crippen molar-refractivity contribution in [3.8, 4) is 11.6 Å². The number of para-hydroxylation sites is 1. The summed E-state index contributed by atoms with van der Waals surface area (Å²) in [5.41, 5.74) is -0.180. The van der Waals surface area contributed by atoms with Crippen LogP contribution in [0.2, 0.25) is 0 Å². The Bertz CT molecular complexity index is 961. The summed E-state index contributed by atoms with van der Waals surface area (Å²) in [5.74, 6) is -3.36. The molecule has 0 aliphatic rings. The highest BCUT2D eigenvalue weighted by atomic mass is 16.5. The Morgan fingerprint density at radius 3 is 2.32 bits per heavy atom. The summed E-state index contributed by atoms with van der Waals surface area (Å²) in [7, 11) is 0. The van der Waals surface area contributed by atoms with Crippen LogP contribution in [-0.2, 0) is 14.4 Å². The lowest BCUT2D eigenvalue weighted by Crippen LogP contribution is -2.41. The quantitative estimate of drug-likeness (QED) is 0.517. The first-order valence-corrected chi connectivity index (χ1v) is 9.56. The molecule has 2 rings (SSSR count). The lowest BCUT2D eigenvalue weighted by atomic mass is 9.91. The largest absolute Gasteiger partial charge is 0.481 e. The molecule has 0 aliphatic heterocycles. The van der Waals surface area contributed by atoms with Crippen molar-refractivity contribution in [1.82, 2.24) is 15.1 Å². The summed E-state index contributed by atoms with van der Waals surface area (Å²) in [4.78, 5) is 46.9. The lowest BCUT2D eigenvalue weighted by molar-refractivity contribution is -0.140. The van der Waals surface area contributed by atoms with Crippen LogP contribution in [0.4, 0.5) is 0 Å². The SMILES string of the molecule is CC(C)(C)C(=O)COc1cc(C(=O)N[C@@H](CCC(=O)O)C(=O)O)nn1-c1ccccc1. The van der Waals surface area contributed by atoms with Gasteiger partial charge in [-0.3, -0.25) is 14.4 Å². The van der Waals surface area contributed by atoms with Gasteiger partial charge in [0.15, 0.2) is 11.5 Å². The molecule has 0 unspecified atom stereocenters. The maximum absolute atomic E-state index is 12.6. The van der Waals surface area contributed by atoms with E-state index in [-0.39, 0.29) is 30.4 Å². The van der Waals surface area contributed by atoms with E-state index in [0.29, 0.717) is 5.69 Å². The van der Waals surface area contributed by atoms with Crippen LogP contribution in [0.25, 0.3) is 5.69 Å². The molecule has 0 aliphatic carbocycles. The highest BCUT2D eigenvalue weighted by Crippen LogP contribution is 2.21. The molecular formula is C21H25N3O7. The monoisotopic (exact) mass is 431 g/mol. The van der Waals surface area contributed by atoms with E-state index in [1.54, 1.807) is 51.1 Å². The smallest absolute Gasteiger partial charge is 0.326 e. The minimum absolute atomic E-state index is 0.131. The molecular weight excluding hydrogens is 406 g/mol. The topological polar surface area (TPSA) is 148 Å². The number of aliphatic carboxylic acids is 2. The van der Waals surface area contributed by atoms with Gasteiger partial charge in [-0.25, -0.2) is 9.48 Å². The fourth-order valence-corrected chi connectivity index (χ4v) is 2.45. The van der Waals surface area contributed by atoms with Crippen LogP contribution >= 0.6 is 0 Å². The van der Waals surface area contributed by atoms with Crippen LogP contribution in [0, 0.1) is 5.41 Å². The molecule has 1 amide bonds. The van der Waals surface area contributed by atoms with Crippen molar-refractivity contribution in [2.75, 3.05) is 6.61 Å². The van der Waals surface area contributed by atoms with E-state index in [9.17, 15) is 24.3 Å². The molecule has 31 heavy (non-hydrogen) atoms. The number of hydrogen-bond donors (Lipinski definition) is 3. The van der Waals surface area contributed by atoms with Gasteiger partial charge >= 0.3 is 11.9 Å². The second kappa shape index (κ2) is 9.88. The van der Waals surface area contributed by atoms with Crippen molar-refractivity contribution in [2.24, 2.45) is 5.41 Å². The van der Waals surface area contributed by atoms with E-state index in [0.717, 1.165) is 0 Å². The number of ketones is 1. The first-order chi connectivity index (χ1) is 14.5. The van der Waals surface area contributed by atoms with Gasteiger partial charge in [-0.2, -0.15) is 5.10 Å². The number of nitrogens with one attached hydrogen (secondary N) is 1. The minimum Gasteiger partial charge on any atom is -0.481 e. The molecule has 0 saturated heterocycles. The van der Waals surface area contributed by atoms with Crippen molar-refractivity contribution in [1.29, 1.82) is 0 Å². The molecule has 1 heterocycles. The van der Waals surface area contributed by atoms with Gasteiger partial charge < -0.3 is 20.3 Å². The maximum atomic E-state index is 12.6. The number of amides is 1. The van der Waals surface area contributed by atoms with E-state index >= 15 is 0 Å². The molecule has 1 aromatic heterocycles. The maximum Gasteiger partial charge on any atom is 0.326 e. The standard InChI is InChI=1S/C21H25N3O7/c1-21(2,3)16(25)12-31-17-11-15(23-24(17)13-7-5-4-6-8-13)19(28)22-14(20(29)30)9-10-18(26)27/h4-8,11,14H,9-10,12H2,1-3H3,(H,22,28)(H,26,27)(H,29,30)/t14-/m0/s1. The highest BCUT2D eigenvalue weighted by molar-refractivity contribution is 5.95. The Morgan fingerprint density at radius 2 is 1.77 bits per heavy atom. The van der Waals surface area contributed by atoms with Gasteiger partial charge in [0, 0.05) is 17.9 Å². The first kappa shape index (κ1) is 23.6. The molecule has 1 aromatic carbocycles. The van der Waals surface area contributed by atoms with E-state index in [2.05, 4.69) is 10.4 Å². The number of Topliss-reactive ketones (excluding diaryl/α,β-unsaturated/α-hetero) is 1. The Balaban J connectivity index is 2.28. The number of benzene rings is 1. The third-order valence-electron chi connectivity index (χ3n) is 4.35. The molecule has 2 aromatic rings. The Hall–Kier alpha value is -3.69. The van der Waals surface area contributed by atoms with E-state index in [1.165, 1.54) is 10.7 Å².